The molecule has 2 atom stereocenters. The lowest BCUT2D eigenvalue weighted by molar-refractivity contribution is -0.147. The third-order valence-corrected chi connectivity index (χ3v) is 13.2. The Bertz CT molecular complexity index is 461. The van der Waals surface area contributed by atoms with Crippen molar-refractivity contribution in [1.82, 2.24) is 0 Å². The number of aliphatic carboxylic acids is 1. The zero-order chi connectivity index (χ0) is 23.3. The standard InChI is InChI=1S/C19H42O8SSi2/c1-9-17(12-10-14-29(22-3,23-4)24-5)28-16-19(2,18(20)21)13-11-15-30(25-6,26-7)27-8/h17H,9-16H2,1-8H3,(H,20,21). The summed E-state index contributed by atoms with van der Waals surface area (Å²) < 4.78 is 32.8. The van der Waals surface area contributed by atoms with Crippen LogP contribution in [0, 0.1) is 5.41 Å². The molecule has 0 aromatic rings. The monoisotopic (exact) mass is 486 g/mol. The first kappa shape index (κ1) is 30.0. The predicted molar refractivity (Wildman–Crippen MR) is 124 cm³/mol. The summed E-state index contributed by atoms with van der Waals surface area (Å²) in [5.74, 6) is -0.210. The van der Waals surface area contributed by atoms with Gasteiger partial charge in [0.15, 0.2) is 0 Å². The fourth-order valence-electron chi connectivity index (χ4n) is 3.30. The third kappa shape index (κ3) is 9.25. The normalized spacial score (nSPS) is 15.7. The van der Waals surface area contributed by atoms with Gasteiger partial charge in [-0.3, -0.25) is 4.79 Å². The average molecular weight is 487 g/mol. The molecule has 0 saturated heterocycles. The zero-order valence-corrected chi connectivity index (χ0v) is 22.8. The topological polar surface area (TPSA) is 92.7 Å². The lowest BCUT2D eigenvalue weighted by atomic mass is 9.88. The summed E-state index contributed by atoms with van der Waals surface area (Å²) in [6.45, 7) is 3.96. The number of hydrogen-bond donors (Lipinski definition) is 1. The molecular formula is C19H42O8SSi2. The van der Waals surface area contributed by atoms with E-state index in [1.54, 1.807) is 54.4 Å². The van der Waals surface area contributed by atoms with Crippen molar-refractivity contribution in [2.24, 2.45) is 5.41 Å². The summed E-state index contributed by atoms with van der Waals surface area (Å²) in [7, 11) is 4.36. The molecule has 2 unspecified atom stereocenters. The lowest BCUT2D eigenvalue weighted by Gasteiger charge is -2.29. The Balaban J connectivity index is 4.75. The fourth-order valence-corrected chi connectivity index (χ4v) is 8.21. The van der Waals surface area contributed by atoms with E-state index in [2.05, 4.69) is 6.92 Å². The van der Waals surface area contributed by atoms with Crippen molar-refractivity contribution in [2.75, 3.05) is 48.4 Å². The van der Waals surface area contributed by atoms with Crippen molar-refractivity contribution < 1.29 is 36.5 Å². The van der Waals surface area contributed by atoms with Crippen LogP contribution in [0.5, 0.6) is 0 Å². The molecule has 0 spiro atoms. The second-order valence-electron chi connectivity index (χ2n) is 7.54. The fraction of sp³-hybridized carbons (Fsp3) is 0.947. The number of thioether (sulfide) groups is 1. The first-order valence-corrected chi connectivity index (χ1v) is 15.2. The number of rotatable bonds is 19. The van der Waals surface area contributed by atoms with Crippen LogP contribution in [-0.4, -0.2) is 82.3 Å². The SMILES string of the molecule is CCC(CCC[Si](OC)(OC)OC)SCC(C)(CCC[Si](OC)(OC)OC)C(=O)O. The molecule has 0 rings (SSSR count). The van der Waals surface area contributed by atoms with Crippen LogP contribution >= 0.6 is 11.8 Å². The van der Waals surface area contributed by atoms with E-state index in [4.69, 9.17) is 26.6 Å². The Kier molecular flexibility index (Phi) is 15.0. The molecule has 0 amide bonds. The highest BCUT2D eigenvalue weighted by molar-refractivity contribution is 7.99. The Morgan fingerprint density at radius 2 is 1.33 bits per heavy atom. The van der Waals surface area contributed by atoms with Crippen LogP contribution in [0.4, 0.5) is 0 Å². The van der Waals surface area contributed by atoms with Crippen LogP contribution < -0.4 is 0 Å². The minimum absolute atomic E-state index is 0.381. The number of carbonyl (C=O) groups is 1. The highest BCUT2D eigenvalue weighted by atomic mass is 32.2. The van der Waals surface area contributed by atoms with Crippen LogP contribution in [0.1, 0.15) is 46.0 Å². The van der Waals surface area contributed by atoms with Crippen LogP contribution in [0.25, 0.3) is 0 Å². The molecule has 0 aliphatic heterocycles. The second kappa shape index (κ2) is 15.0. The quantitative estimate of drug-likeness (QED) is 0.273. The van der Waals surface area contributed by atoms with Gasteiger partial charge in [0.1, 0.15) is 0 Å². The summed E-state index contributed by atoms with van der Waals surface area (Å²) in [6.07, 6.45) is 4.08. The molecule has 8 nitrogen and oxygen atoms in total. The highest BCUT2D eigenvalue weighted by Crippen LogP contribution is 2.34. The van der Waals surface area contributed by atoms with Crippen LogP contribution in [0.15, 0.2) is 0 Å². The van der Waals surface area contributed by atoms with Crippen LogP contribution in [-0.2, 0) is 31.4 Å². The van der Waals surface area contributed by atoms with E-state index in [9.17, 15) is 9.90 Å². The Hall–Kier alpha value is 0.0138. The van der Waals surface area contributed by atoms with Gasteiger partial charge in [0.05, 0.1) is 5.41 Å². The highest BCUT2D eigenvalue weighted by Gasteiger charge is 2.40. The van der Waals surface area contributed by atoms with Gasteiger partial charge in [-0.1, -0.05) is 6.92 Å². The van der Waals surface area contributed by atoms with Gasteiger partial charge < -0.3 is 31.7 Å². The van der Waals surface area contributed by atoms with Crippen molar-refractivity contribution in [2.45, 2.75) is 63.3 Å². The summed E-state index contributed by atoms with van der Waals surface area (Å²) in [5.41, 5.74) is -0.808. The van der Waals surface area contributed by atoms with E-state index < -0.39 is 29.0 Å². The van der Waals surface area contributed by atoms with Crippen molar-refractivity contribution >= 4 is 35.3 Å². The smallest absolute Gasteiger partial charge is 0.481 e. The number of carboxylic acids is 1. The molecule has 0 aromatic carbocycles. The molecule has 0 aliphatic rings. The maximum Gasteiger partial charge on any atom is 0.500 e. The molecular weight excluding hydrogens is 444 g/mol. The summed E-state index contributed by atoms with van der Waals surface area (Å²) >= 11 is 1.74. The Morgan fingerprint density at radius 3 is 1.70 bits per heavy atom. The Labute approximate surface area is 189 Å². The maximum atomic E-state index is 12.0. The van der Waals surface area contributed by atoms with Crippen LogP contribution in [0.3, 0.4) is 0 Å². The number of hydrogen-bond acceptors (Lipinski definition) is 8. The maximum absolute atomic E-state index is 12.0. The first-order chi connectivity index (χ1) is 14.2. The lowest BCUT2D eigenvalue weighted by Crippen LogP contribution is -2.43. The molecule has 0 aliphatic carbocycles. The molecule has 0 aromatic heterocycles. The molecule has 1 N–H and O–H groups in total. The molecule has 180 valence electrons. The van der Waals surface area contributed by atoms with Crippen molar-refractivity contribution in [1.29, 1.82) is 0 Å². The van der Waals surface area contributed by atoms with E-state index in [-0.39, 0.29) is 0 Å². The van der Waals surface area contributed by atoms with Gasteiger partial charge in [0, 0.05) is 65.7 Å². The molecule has 0 fully saturated rings. The van der Waals surface area contributed by atoms with Crippen molar-refractivity contribution in [3.63, 3.8) is 0 Å². The first-order valence-electron chi connectivity index (χ1n) is 10.3. The second-order valence-corrected chi connectivity index (χ2v) is 15.0. The largest absolute Gasteiger partial charge is 0.500 e. The van der Waals surface area contributed by atoms with E-state index in [1.165, 1.54) is 0 Å². The van der Waals surface area contributed by atoms with Crippen LogP contribution in [0.2, 0.25) is 12.1 Å². The summed E-state index contributed by atoms with van der Waals surface area (Å²) in [6, 6.07) is 1.35. The molecule has 0 radical (unpaired) electrons. The minimum atomic E-state index is -2.68. The molecule has 30 heavy (non-hydrogen) atoms. The Morgan fingerprint density at radius 1 is 0.900 bits per heavy atom. The molecule has 0 heterocycles. The van der Waals surface area contributed by atoms with E-state index >= 15 is 0 Å². The molecule has 11 heteroatoms. The minimum Gasteiger partial charge on any atom is -0.481 e. The average Bonchev–Trinajstić information content (AvgIpc) is 2.77. The van der Waals surface area contributed by atoms with Gasteiger partial charge >= 0.3 is 23.6 Å². The van der Waals surface area contributed by atoms with E-state index in [0.29, 0.717) is 29.9 Å². The van der Waals surface area contributed by atoms with Gasteiger partial charge in [0.2, 0.25) is 0 Å². The van der Waals surface area contributed by atoms with Gasteiger partial charge in [-0.15, -0.1) is 0 Å². The number of carboxylic acid groups (broad SMARTS) is 1. The van der Waals surface area contributed by atoms with Gasteiger partial charge in [-0.05, 0) is 39.0 Å². The predicted octanol–water partition coefficient (Wildman–Crippen LogP) is 3.91. The molecule has 0 bridgehead atoms. The zero-order valence-electron chi connectivity index (χ0n) is 19.9. The molecule has 0 saturated carbocycles. The van der Waals surface area contributed by atoms with E-state index in [0.717, 1.165) is 25.3 Å². The van der Waals surface area contributed by atoms with Crippen molar-refractivity contribution in [3.8, 4) is 0 Å². The summed E-state index contributed by atoms with van der Waals surface area (Å²) in [4.78, 5) is 12.0. The third-order valence-electron chi connectivity index (χ3n) is 5.70. The van der Waals surface area contributed by atoms with Gasteiger partial charge in [-0.2, -0.15) is 11.8 Å². The van der Waals surface area contributed by atoms with Gasteiger partial charge in [-0.25, -0.2) is 0 Å². The van der Waals surface area contributed by atoms with Gasteiger partial charge in [0.25, 0.3) is 0 Å². The van der Waals surface area contributed by atoms with E-state index in [1.807, 2.05) is 6.92 Å². The summed E-state index contributed by atoms with van der Waals surface area (Å²) in [5, 5.41) is 10.2. The van der Waals surface area contributed by atoms with Crippen molar-refractivity contribution in [3.05, 3.63) is 0 Å².